The number of piperidine rings is 1. The zero-order valence-electron chi connectivity index (χ0n) is 9.29. The average molecular weight is 283 g/mol. The standard InChI is InChI=1S/C13H17BrNO/c14-12-5-3-4-11(8-12)9-16-10-13-6-1-2-7-15-13/h2-5,8,13,15H,1,6-7,9-10H2. The molecule has 1 fully saturated rings. The highest BCUT2D eigenvalue weighted by Crippen LogP contribution is 2.13. The lowest BCUT2D eigenvalue weighted by atomic mass is 10.1. The summed E-state index contributed by atoms with van der Waals surface area (Å²) in [6.45, 7) is 2.52. The Kier molecular flexibility index (Phi) is 4.82. The van der Waals surface area contributed by atoms with E-state index in [4.69, 9.17) is 4.74 Å². The van der Waals surface area contributed by atoms with E-state index in [0.717, 1.165) is 17.6 Å². The molecule has 87 valence electrons. The minimum Gasteiger partial charge on any atom is -0.375 e. The molecule has 1 unspecified atom stereocenters. The molecule has 2 rings (SSSR count). The van der Waals surface area contributed by atoms with Crippen LogP contribution in [0, 0.1) is 6.42 Å². The third-order valence-electron chi connectivity index (χ3n) is 2.75. The number of nitrogens with one attached hydrogen (secondary N) is 1. The van der Waals surface area contributed by atoms with Crippen LogP contribution in [-0.4, -0.2) is 19.2 Å². The maximum Gasteiger partial charge on any atom is 0.0718 e. The fraction of sp³-hybridized carbons (Fsp3) is 0.462. The monoisotopic (exact) mass is 282 g/mol. The van der Waals surface area contributed by atoms with Gasteiger partial charge in [0.15, 0.2) is 0 Å². The van der Waals surface area contributed by atoms with Gasteiger partial charge in [0.25, 0.3) is 0 Å². The molecule has 1 aromatic carbocycles. The van der Waals surface area contributed by atoms with Crippen molar-refractivity contribution in [1.29, 1.82) is 0 Å². The Morgan fingerprint density at radius 1 is 1.44 bits per heavy atom. The molecule has 1 heterocycles. The molecule has 0 aliphatic carbocycles. The lowest BCUT2D eigenvalue weighted by Crippen LogP contribution is -2.37. The fourth-order valence-electron chi connectivity index (χ4n) is 1.86. The average Bonchev–Trinajstić information content (AvgIpc) is 2.30. The lowest BCUT2D eigenvalue weighted by Gasteiger charge is -2.22. The van der Waals surface area contributed by atoms with Crippen LogP contribution in [-0.2, 0) is 11.3 Å². The highest BCUT2D eigenvalue weighted by molar-refractivity contribution is 9.10. The van der Waals surface area contributed by atoms with Gasteiger partial charge < -0.3 is 10.1 Å². The normalized spacial score (nSPS) is 20.9. The Morgan fingerprint density at radius 3 is 3.12 bits per heavy atom. The molecule has 0 aromatic heterocycles. The van der Waals surface area contributed by atoms with Crippen molar-refractivity contribution in [3.63, 3.8) is 0 Å². The molecule has 1 saturated heterocycles. The van der Waals surface area contributed by atoms with E-state index >= 15 is 0 Å². The number of ether oxygens (including phenoxy) is 1. The zero-order chi connectivity index (χ0) is 11.2. The van der Waals surface area contributed by atoms with Crippen molar-refractivity contribution in [1.82, 2.24) is 5.32 Å². The molecule has 0 bridgehead atoms. The first-order chi connectivity index (χ1) is 7.84. The molecular weight excluding hydrogens is 266 g/mol. The molecule has 1 aliphatic heterocycles. The van der Waals surface area contributed by atoms with Gasteiger partial charge in [-0.1, -0.05) is 28.1 Å². The minimum absolute atomic E-state index is 0.525. The summed E-state index contributed by atoms with van der Waals surface area (Å²) in [5.74, 6) is 0. The number of rotatable bonds is 4. The van der Waals surface area contributed by atoms with E-state index in [1.54, 1.807) is 0 Å². The highest BCUT2D eigenvalue weighted by Gasteiger charge is 2.12. The second-order valence-corrected chi connectivity index (χ2v) is 5.03. The number of benzene rings is 1. The molecular formula is C13H17BrNO. The van der Waals surface area contributed by atoms with Gasteiger partial charge in [0.2, 0.25) is 0 Å². The predicted molar refractivity (Wildman–Crippen MR) is 69.1 cm³/mol. The number of hydrogen-bond donors (Lipinski definition) is 1. The van der Waals surface area contributed by atoms with Gasteiger partial charge >= 0.3 is 0 Å². The summed E-state index contributed by atoms with van der Waals surface area (Å²) in [6.07, 6.45) is 4.68. The van der Waals surface area contributed by atoms with Crippen molar-refractivity contribution in [2.24, 2.45) is 0 Å². The zero-order valence-corrected chi connectivity index (χ0v) is 10.9. The summed E-state index contributed by atoms with van der Waals surface area (Å²) in [5, 5.41) is 3.43. The van der Waals surface area contributed by atoms with Gasteiger partial charge in [-0.05, 0) is 43.5 Å². The maximum absolute atomic E-state index is 5.72. The van der Waals surface area contributed by atoms with Crippen LogP contribution in [0.5, 0.6) is 0 Å². The maximum atomic E-state index is 5.72. The van der Waals surface area contributed by atoms with Gasteiger partial charge in [0, 0.05) is 10.5 Å². The van der Waals surface area contributed by atoms with Crippen molar-refractivity contribution in [3.8, 4) is 0 Å². The smallest absolute Gasteiger partial charge is 0.0718 e. The molecule has 1 atom stereocenters. The minimum atomic E-state index is 0.525. The second kappa shape index (κ2) is 6.38. The van der Waals surface area contributed by atoms with Gasteiger partial charge in [0.05, 0.1) is 13.2 Å². The van der Waals surface area contributed by atoms with E-state index in [-0.39, 0.29) is 0 Å². The van der Waals surface area contributed by atoms with Crippen LogP contribution in [0.3, 0.4) is 0 Å². The Morgan fingerprint density at radius 2 is 2.38 bits per heavy atom. The van der Waals surface area contributed by atoms with E-state index in [1.165, 1.54) is 18.4 Å². The quantitative estimate of drug-likeness (QED) is 0.917. The lowest BCUT2D eigenvalue weighted by molar-refractivity contribution is 0.0941. The summed E-state index contributed by atoms with van der Waals surface area (Å²) in [6, 6.07) is 8.78. The van der Waals surface area contributed by atoms with Gasteiger partial charge in [0.1, 0.15) is 0 Å². The fourth-order valence-corrected chi connectivity index (χ4v) is 2.31. The predicted octanol–water partition coefficient (Wildman–Crippen LogP) is 2.92. The Balaban J connectivity index is 1.71. The summed E-state index contributed by atoms with van der Waals surface area (Å²) < 4.78 is 6.83. The van der Waals surface area contributed by atoms with Crippen LogP contribution < -0.4 is 5.32 Å². The van der Waals surface area contributed by atoms with Crippen LogP contribution in [0.1, 0.15) is 18.4 Å². The van der Waals surface area contributed by atoms with Crippen molar-refractivity contribution in [3.05, 3.63) is 40.7 Å². The molecule has 0 amide bonds. The van der Waals surface area contributed by atoms with Crippen LogP contribution in [0.25, 0.3) is 0 Å². The molecule has 2 nitrogen and oxygen atoms in total. The van der Waals surface area contributed by atoms with Crippen molar-refractivity contribution in [2.75, 3.05) is 13.2 Å². The third kappa shape index (κ3) is 3.89. The Hall–Kier alpha value is -0.380. The Labute approximate surface area is 106 Å². The van der Waals surface area contributed by atoms with Crippen LogP contribution in [0.15, 0.2) is 28.7 Å². The first-order valence-electron chi connectivity index (χ1n) is 5.72. The molecule has 16 heavy (non-hydrogen) atoms. The van der Waals surface area contributed by atoms with Gasteiger partial charge in [-0.25, -0.2) is 0 Å². The van der Waals surface area contributed by atoms with Crippen molar-refractivity contribution >= 4 is 15.9 Å². The van der Waals surface area contributed by atoms with Gasteiger partial charge in [-0.2, -0.15) is 0 Å². The third-order valence-corrected chi connectivity index (χ3v) is 3.24. The number of halogens is 1. The first kappa shape index (κ1) is 12.1. The first-order valence-corrected chi connectivity index (χ1v) is 6.51. The van der Waals surface area contributed by atoms with Crippen molar-refractivity contribution in [2.45, 2.75) is 25.5 Å². The van der Waals surface area contributed by atoms with E-state index in [0.29, 0.717) is 12.6 Å². The molecule has 1 aliphatic rings. The van der Waals surface area contributed by atoms with Gasteiger partial charge in [-0.3, -0.25) is 0 Å². The van der Waals surface area contributed by atoms with Gasteiger partial charge in [-0.15, -0.1) is 0 Å². The molecule has 0 spiro atoms. The molecule has 1 aromatic rings. The molecule has 3 heteroatoms. The van der Waals surface area contributed by atoms with E-state index in [9.17, 15) is 0 Å². The molecule has 0 saturated carbocycles. The number of hydrogen-bond acceptors (Lipinski definition) is 2. The topological polar surface area (TPSA) is 21.3 Å². The summed E-state index contributed by atoms with van der Waals surface area (Å²) >= 11 is 3.46. The van der Waals surface area contributed by atoms with E-state index < -0.39 is 0 Å². The van der Waals surface area contributed by atoms with Crippen LogP contribution in [0.2, 0.25) is 0 Å². The Bertz CT molecular complexity index is 323. The second-order valence-electron chi connectivity index (χ2n) is 4.12. The van der Waals surface area contributed by atoms with Crippen molar-refractivity contribution < 1.29 is 4.74 Å². The van der Waals surface area contributed by atoms with Crippen LogP contribution >= 0.6 is 15.9 Å². The highest BCUT2D eigenvalue weighted by atomic mass is 79.9. The largest absolute Gasteiger partial charge is 0.375 e. The molecule has 1 N–H and O–H groups in total. The summed E-state index contributed by atoms with van der Waals surface area (Å²) in [4.78, 5) is 0. The van der Waals surface area contributed by atoms with E-state index in [1.807, 2.05) is 12.1 Å². The van der Waals surface area contributed by atoms with E-state index in [2.05, 4.69) is 39.8 Å². The van der Waals surface area contributed by atoms with Crippen LogP contribution in [0.4, 0.5) is 0 Å². The summed E-state index contributed by atoms with van der Waals surface area (Å²) in [7, 11) is 0. The summed E-state index contributed by atoms with van der Waals surface area (Å²) in [5.41, 5.74) is 1.22. The SMILES string of the molecule is Brc1cccc(COCC2CC[CH]CN2)c1. The molecule has 1 radical (unpaired) electrons.